The van der Waals surface area contributed by atoms with E-state index in [9.17, 15) is 0 Å². The molecule has 2 saturated heterocycles. The smallest absolute Gasteiger partial charge is 0.117 e. The van der Waals surface area contributed by atoms with Crippen LogP contribution in [0.3, 0.4) is 0 Å². The van der Waals surface area contributed by atoms with Crippen molar-refractivity contribution < 1.29 is 9.47 Å². The molecular formula is C11H22N2O2. The Morgan fingerprint density at radius 1 is 0.933 bits per heavy atom. The third kappa shape index (κ3) is 2.18. The predicted octanol–water partition coefficient (Wildman–Crippen LogP) is 0.681. The molecule has 2 rings (SSSR count). The summed E-state index contributed by atoms with van der Waals surface area (Å²) in [5.74, 6) is 0. The lowest BCUT2D eigenvalue weighted by Crippen LogP contribution is -2.52. The summed E-state index contributed by atoms with van der Waals surface area (Å²) in [6.45, 7) is 10.2. The summed E-state index contributed by atoms with van der Waals surface area (Å²) in [4.78, 5) is 0. The molecule has 0 saturated carbocycles. The minimum absolute atomic E-state index is 0.0461. The molecule has 0 amide bonds. The monoisotopic (exact) mass is 214 g/mol. The van der Waals surface area contributed by atoms with Crippen LogP contribution < -0.4 is 10.6 Å². The lowest BCUT2D eigenvalue weighted by atomic mass is 9.88. The molecule has 0 aliphatic carbocycles. The summed E-state index contributed by atoms with van der Waals surface area (Å²) < 4.78 is 11.5. The Balaban J connectivity index is 1.99. The van der Waals surface area contributed by atoms with Crippen LogP contribution in [0.15, 0.2) is 0 Å². The predicted molar refractivity (Wildman–Crippen MR) is 58.5 cm³/mol. The number of ether oxygens (including phenoxy) is 2. The third-order valence-electron chi connectivity index (χ3n) is 3.25. The largest absolute Gasteiger partial charge is 0.361 e. The zero-order valence-corrected chi connectivity index (χ0v) is 10.0. The van der Waals surface area contributed by atoms with Gasteiger partial charge in [-0.1, -0.05) is 13.8 Å². The Kier molecular flexibility index (Phi) is 3.03. The molecule has 0 bridgehead atoms. The zero-order chi connectivity index (χ0) is 11.1. The zero-order valence-electron chi connectivity index (χ0n) is 10.0. The minimum atomic E-state index is -0.0461. The summed E-state index contributed by atoms with van der Waals surface area (Å²) in [6, 6.07) is 0.876. The summed E-state index contributed by atoms with van der Waals surface area (Å²) in [5.41, 5.74) is -0.0461. The molecule has 4 nitrogen and oxygen atoms in total. The highest BCUT2D eigenvalue weighted by Gasteiger charge is 2.44. The summed E-state index contributed by atoms with van der Waals surface area (Å²) >= 11 is 0. The average molecular weight is 214 g/mol. The van der Waals surface area contributed by atoms with E-state index in [1.165, 1.54) is 0 Å². The molecule has 2 aliphatic heterocycles. The Bertz CT molecular complexity index is 211. The van der Waals surface area contributed by atoms with Crippen LogP contribution in [0.25, 0.3) is 0 Å². The molecule has 0 aromatic carbocycles. The summed E-state index contributed by atoms with van der Waals surface area (Å²) in [6.07, 6.45) is 0.158. The second kappa shape index (κ2) is 4.01. The first-order chi connectivity index (χ1) is 7.00. The van der Waals surface area contributed by atoms with Crippen LogP contribution in [0.2, 0.25) is 0 Å². The SMILES string of the molecule is C[C@H]1COC(C(C)(C)C2N[C@@H](C)CO2)N1. The van der Waals surface area contributed by atoms with Crippen molar-refractivity contribution in [1.29, 1.82) is 0 Å². The maximum Gasteiger partial charge on any atom is 0.117 e. The van der Waals surface area contributed by atoms with Gasteiger partial charge in [0.05, 0.1) is 13.2 Å². The second-order valence-electron chi connectivity index (χ2n) is 5.38. The van der Waals surface area contributed by atoms with Crippen LogP contribution in [0.4, 0.5) is 0 Å². The Labute approximate surface area is 91.7 Å². The molecule has 2 fully saturated rings. The molecule has 0 spiro atoms. The maximum absolute atomic E-state index is 5.75. The normalized spacial score (nSPS) is 42.4. The minimum Gasteiger partial charge on any atom is -0.361 e. The van der Waals surface area contributed by atoms with E-state index in [0.29, 0.717) is 12.1 Å². The molecule has 2 aliphatic rings. The first-order valence-corrected chi connectivity index (χ1v) is 5.75. The van der Waals surface area contributed by atoms with E-state index in [0.717, 1.165) is 13.2 Å². The standard InChI is InChI=1S/C11H22N2O2/c1-7-5-14-9(12-7)11(3,4)10-13-8(2)6-15-10/h7-10,12-13H,5-6H2,1-4H3/t7-,8-,9?,10?/m0/s1. The van der Waals surface area contributed by atoms with Gasteiger partial charge in [0.1, 0.15) is 12.5 Å². The van der Waals surface area contributed by atoms with Crippen molar-refractivity contribution >= 4 is 0 Å². The first kappa shape index (κ1) is 11.3. The first-order valence-electron chi connectivity index (χ1n) is 5.75. The number of hydrogen-bond acceptors (Lipinski definition) is 4. The van der Waals surface area contributed by atoms with Crippen LogP contribution >= 0.6 is 0 Å². The summed E-state index contributed by atoms with van der Waals surface area (Å²) in [7, 11) is 0. The van der Waals surface area contributed by atoms with Gasteiger partial charge in [-0.05, 0) is 13.8 Å². The van der Waals surface area contributed by atoms with Gasteiger partial charge in [-0.2, -0.15) is 0 Å². The van der Waals surface area contributed by atoms with Crippen LogP contribution in [0, 0.1) is 5.41 Å². The molecule has 0 aromatic heterocycles. The summed E-state index contributed by atoms with van der Waals surface area (Å²) in [5, 5.41) is 6.89. The molecule has 88 valence electrons. The fraction of sp³-hybridized carbons (Fsp3) is 1.00. The van der Waals surface area contributed by atoms with Crippen molar-refractivity contribution in [1.82, 2.24) is 10.6 Å². The van der Waals surface area contributed by atoms with E-state index in [1.807, 2.05) is 0 Å². The molecular weight excluding hydrogens is 192 g/mol. The van der Waals surface area contributed by atoms with E-state index in [-0.39, 0.29) is 17.9 Å². The quantitative estimate of drug-likeness (QED) is 0.709. The van der Waals surface area contributed by atoms with Gasteiger partial charge in [-0.15, -0.1) is 0 Å². The van der Waals surface area contributed by atoms with Crippen molar-refractivity contribution in [3.8, 4) is 0 Å². The molecule has 2 unspecified atom stereocenters. The van der Waals surface area contributed by atoms with Crippen molar-refractivity contribution in [2.45, 2.75) is 52.2 Å². The van der Waals surface area contributed by atoms with Crippen molar-refractivity contribution in [3.63, 3.8) is 0 Å². The average Bonchev–Trinajstić information content (AvgIpc) is 2.74. The highest BCUT2D eigenvalue weighted by atomic mass is 16.5. The Hall–Kier alpha value is -0.160. The lowest BCUT2D eigenvalue weighted by molar-refractivity contribution is -0.0828. The Morgan fingerprint density at radius 2 is 1.33 bits per heavy atom. The molecule has 4 heteroatoms. The van der Waals surface area contributed by atoms with E-state index < -0.39 is 0 Å². The van der Waals surface area contributed by atoms with Gasteiger partial charge < -0.3 is 9.47 Å². The number of rotatable bonds is 2. The highest BCUT2D eigenvalue weighted by Crippen LogP contribution is 2.32. The number of nitrogens with one attached hydrogen (secondary N) is 2. The Morgan fingerprint density at radius 3 is 1.60 bits per heavy atom. The van der Waals surface area contributed by atoms with Gasteiger partial charge in [0, 0.05) is 17.5 Å². The van der Waals surface area contributed by atoms with Crippen molar-refractivity contribution in [2.75, 3.05) is 13.2 Å². The van der Waals surface area contributed by atoms with Gasteiger partial charge in [0.2, 0.25) is 0 Å². The fourth-order valence-corrected chi connectivity index (χ4v) is 2.19. The highest BCUT2D eigenvalue weighted by molar-refractivity contribution is 4.92. The van der Waals surface area contributed by atoms with Gasteiger partial charge in [0.25, 0.3) is 0 Å². The molecule has 4 atom stereocenters. The fourth-order valence-electron chi connectivity index (χ4n) is 2.19. The van der Waals surface area contributed by atoms with Crippen molar-refractivity contribution in [3.05, 3.63) is 0 Å². The van der Waals surface area contributed by atoms with E-state index in [1.54, 1.807) is 0 Å². The van der Waals surface area contributed by atoms with E-state index in [2.05, 4.69) is 38.3 Å². The van der Waals surface area contributed by atoms with E-state index in [4.69, 9.17) is 9.47 Å². The topological polar surface area (TPSA) is 42.5 Å². The lowest BCUT2D eigenvalue weighted by Gasteiger charge is -2.35. The molecule has 2 heterocycles. The van der Waals surface area contributed by atoms with Gasteiger partial charge in [-0.25, -0.2) is 0 Å². The van der Waals surface area contributed by atoms with Gasteiger partial charge in [-0.3, -0.25) is 10.6 Å². The van der Waals surface area contributed by atoms with Gasteiger partial charge in [0.15, 0.2) is 0 Å². The second-order valence-corrected chi connectivity index (χ2v) is 5.38. The third-order valence-corrected chi connectivity index (χ3v) is 3.25. The molecule has 0 radical (unpaired) electrons. The molecule has 15 heavy (non-hydrogen) atoms. The van der Waals surface area contributed by atoms with Crippen molar-refractivity contribution in [2.24, 2.45) is 5.41 Å². The molecule has 2 N–H and O–H groups in total. The van der Waals surface area contributed by atoms with Crippen LogP contribution in [0.5, 0.6) is 0 Å². The number of hydrogen-bond donors (Lipinski definition) is 2. The van der Waals surface area contributed by atoms with Crippen LogP contribution in [-0.2, 0) is 9.47 Å². The van der Waals surface area contributed by atoms with E-state index >= 15 is 0 Å². The maximum atomic E-state index is 5.75. The van der Waals surface area contributed by atoms with Crippen LogP contribution in [0.1, 0.15) is 27.7 Å². The molecule has 0 aromatic rings. The van der Waals surface area contributed by atoms with Crippen LogP contribution in [-0.4, -0.2) is 37.8 Å². The van der Waals surface area contributed by atoms with Gasteiger partial charge >= 0.3 is 0 Å².